The molecule has 0 unspecified atom stereocenters. The lowest BCUT2D eigenvalue weighted by Gasteiger charge is -2.11. The van der Waals surface area contributed by atoms with Crippen molar-refractivity contribution in [3.8, 4) is 11.4 Å². The van der Waals surface area contributed by atoms with E-state index in [1.54, 1.807) is 24.3 Å². The maximum absolute atomic E-state index is 12.0. The topological polar surface area (TPSA) is 126 Å². The number of tetrazole rings is 1. The minimum absolute atomic E-state index is 0.0979. The zero-order valence-corrected chi connectivity index (χ0v) is 14.0. The Kier molecular flexibility index (Phi) is 4.60. The number of hydrogen-bond acceptors (Lipinski definition) is 7. The van der Waals surface area contributed by atoms with Gasteiger partial charge in [-0.3, -0.25) is 18.7 Å². The minimum Gasteiger partial charge on any atom is -0.484 e. The van der Waals surface area contributed by atoms with Crippen LogP contribution in [0.25, 0.3) is 5.69 Å². The second-order valence-electron chi connectivity index (χ2n) is 5.35. The average Bonchev–Trinajstić information content (AvgIpc) is 3.18. The second-order valence-corrected chi connectivity index (χ2v) is 5.35. The highest BCUT2D eigenvalue weighted by molar-refractivity contribution is 5.91. The molecular formula is C15H15N7O4. The number of hydrogen-bond donors (Lipinski definition) is 1. The van der Waals surface area contributed by atoms with Crippen LogP contribution >= 0.6 is 0 Å². The van der Waals surface area contributed by atoms with Crippen molar-refractivity contribution in [2.24, 2.45) is 14.1 Å². The van der Waals surface area contributed by atoms with E-state index < -0.39 is 17.2 Å². The lowest BCUT2D eigenvalue weighted by Crippen LogP contribution is -2.38. The van der Waals surface area contributed by atoms with Gasteiger partial charge in [0.1, 0.15) is 17.9 Å². The van der Waals surface area contributed by atoms with Gasteiger partial charge in [-0.25, -0.2) is 9.48 Å². The number of nitrogens with one attached hydrogen (secondary N) is 1. The quantitative estimate of drug-likeness (QED) is 0.625. The summed E-state index contributed by atoms with van der Waals surface area (Å²) >= 11 is 0. The van der Waals surface area contributed by atoms with Gasteiger partial charge >= 0.3 is 5.69 Å². The van der Waals surface area contributed by atoms with Gasteiger partial charge in [0.15, 0.2) is 6.61 Å². The van der Waals surface area contributed by atoms with Crippen molar-refractivity contribution < 1.29 is 9.53 Å². The van der Waals surface area contributed by atoms with E-state index in [0.717, 1.165) is 10.3 Å². The number of amides is 1. The zero-order chi connectivity index (χ0) is 18.7. The lowest BCUT2D eigenvalue weighted by molar-refractivity contribution is -0.118. The van der Waals surface area contributed by atoms with Crippen LogP contribution in [0, 0.1) is 0 Å². The predicted octanol–water partition coefficient (Wildman–Crippen LogP) is -0.923. The van der Waals surface area contributed by atoms with Crippen LogP contribution in [0.5, 0.6) is 5.75 Å². The summed E-state index contributed by atoms with van der Waals surface area (Å²) in [4.78, 5) is 35.5. The van der Waals surface area contributed by atoms with E-state index in [9.17, 15) is 14.4 Å². The smallest absolute Gasteiger partial charge is 0.332 e. The van der Waals surface area contributed by atoms with Gasteiger partial charge < -0.3 is 10.1 Å². The molecule has 0 aliphatic heterocycles. The zero-order valence-electron chi connectivity index (χ0n) is 14.0. The highest BCUT2D eigenvalue weighted by Crippen LogP contribution is 2.14. The van der Waals surface area contributed by atoms with Crippen molar-refractivity contribution in [3.63, 3.8) is 0 Å². The van der Waals surface area contributed by atoms with Gasteiger partial charge in [-0.1, -0.05) is 0 Å². The van der Waals surface area contributed by atoms with E-state index in [0.29, 0.717) is 5.75 Å². The molecule has 0 aliphatic carbocycles. The third kappa shape index (κ3) is 3.50. The summed E-state index contributed by atoms with van der Waals surface area (Å²) in [6.45, 7) is -0.284. The van der Waals surface area contributed by atoms with Gasteiger partial charge in [0, 0.05) is 20.2 Å². The molecule has 3 aromatic rings. The van der Waals surface area contributed by atoms with Gasteiger partial charge in [0.2, 0.25) is 0 Å². The first-order valence-corrected chi connectivity index (χ1v) is 7.49. The molecule has 2 aromatic heterocycles. The molecule has 0 radical (unpaired) electrons. The van der Waals surface area contributed by atoms with E-state index >= 15 is 0 Å². The van der Waals surface area contributed by atoms with Crippen LogP contribution in [-0.2, 0) is 18.9 Å². The standard InChI is InChI=1S/C15H15N7O4/c1-20-12(7-14(24)21(2)15(20)25)17-13(23)8-26-11-5-3-10(4-6-11)22-9-16-18-19-22/h3-7,9H,8H2,1-2H3,(H,17,23). The van der Waals surface area contributed by atoms with E-state index in [4.69, 9.17) is 4.74 Å². The Labute approximate surface area is 146 Å². The van der Waals surface area contributed by atoms with Crippen molar-refractivity contribution in [3.05, 3.63) is 57.5 Å². The first-order chi connectivity index (χ1) is 12.5. The Hall–Kier alpha value is -3.76. The number of ether oxygens (including phenoxy) is 1. The highest BCUT2D eigenvalue weighted by Gasteiger charge is 2.10. The Morgan fingerprint density at radius 1 is 1.15 bits per heavy atom. The Morgan fingerprint density at radius 3 is 2.54 bits per heavy atom. The van der Waals surface area contributed by atoms with Gasteiger partial charge in [-0.2, -0.15) is 0 Å². The summed E-state index contributed by atoms with van der Waals surface area (Å²) in [6, 6.07) is 7.96. The molecule has 1 N–H and O–H groups in total. The third-order valence-corrected chi connectivity index (χ3v) is 3.61. The Morgan fingerprint density at radius 2 is 1.88 bits per heavy atom. The van der Waals surface area contributed by atoms with Crippen molar-refractivity contribution in [1.82, 2.24) is 29.3 Å². The summed E-state index contributed by atoms with van der Waals surface area (Å²) in [6.07, 6.45) is 1.46. The molecule has 1 aromatic carbocycles. The van der Waals surface area contributed by atoms with Crippen molar-refractivity contribution in [1.29, 1.82) is 0 Å². The van der Waals surface area contributed by atoms with Crippen LogP contribution in [-0.4, -0.2) is 41.9 Å². The van der Waals surface area contributed by atoms with E-state index in [1.165, 1.54) is 35.7 Å². The molecule has 2 heterocycles. The van der Waals surface area contributed by atoms with E-state index in [2.05, 4.69) is 20.8 Å². The van der Waals surface area contributed by atoms with E-state index in [-0.39, 0.29) is 12.4 Å². The summed E-state index contributed by atoms with van der Waals surface area (Å²) in [5.41, 5.74) is -0.309. The molecular weight excluding hydrogens is 342 g/mol. The van der Waals surface area contributed by atoms with Crippen LogP contribution in [0.3, 0.4) is 0 Å². The summed E-state index contributed by atoms with van der Waals surface area (Å²) in [7, 11) is 2.81. The average molecular weight is 357 g/mol. The van der Waals surface area contributed by atoms with Crippen molar-refractivity contribution >= 4 is 11.7 Å². The molecule has 0 atom stereocenters. The maximum atomic E-state index is 12.0. The van der Waals surface area contributed by atoms with Gasteiger partial charge in [-0.05, 0) is 34.7 Å². The third-order valence-electron chi connectivity index (χ3n) is 3.61. The molecule has 11 heteroatoms. The molecule has 26 heavy (non-hydrogen) atoms. The predicted molar refractivity (Wildman–Crippen MR) is 90.2 cm³/mol. The number of carbonyl (C=O) groups is 1. The fraction of sp³-hybridized carbons (Fsp3) is 0.200. The van der Waals surface area contributed by atoms with Crippen LogP contribution < -0.4 is 21.3 Å². The van der Waals surface area contributed by atoms with Crippen LogP contribution in [0.15, 0.2) is 46.2 Å². The first kappa shape index (κ1) is 17.1. The number of carbonyl (C=O) groups excluding carboxylic acids is 1. The Balaban J connectivity index is 1.63. The SMILES string of the molecule is Cn1c(NC(=O)COc2ccc(-n3cnnn3)cc2)cc(=O)n(C)c1=O. The normalized spacial score (nSPS) is 10.5. The molecule has 3 rings (SSSR count). The monoisotopic (exact) mass is 357 g/mol. The molecule has 0 aliphatic rings. The molecule has 134 valence electrons. The minimum atomic E-state index is -0.535. The molecule has 0 bridgehead atoms. The molecule has 1 amide bonds. The van der Waals surface area contributed by atoms with Gasteiger partial charge in [0.25, 0.3) is 11.5 Å². The summed E-state index contributed by atoms with van der Waals surface area (Å²) in [5, 5.41) is 13.3. The largest absolute Gasteiger partial charge is 0.484 e. The van der Waals surface area contributed by atoms with E-state index in [1.807, 2.05) is 0 Å². The fourth-order valence-electron chi connectivity index (χ4n) is 2.16. The number of benzene rings is 1. The Bertz CT molecular complexity index is 1040. The van der Waals surface area contributed by atoms with Gasteiger partial charge in [0.05, 0.1) is 5.69 Å². The highest BCUT2D eigenvalue weighted by atomic mass is 16.5. The summed E-state index contributed by atoms with van der Waals surface area (Å²) < 4.78 is 8.98. The second kappa shape index (κ2) is 7.01. The molecule has 0 saturated heterocycles. The molecule has 0 fully saturated rings. The molecule has 0 saturated carbocycles. The number of rotatable bonds is 5. The van der Waals surface area contributed by atoms with Crippen LogP contribution in [0.1, 0.15) is 0 Å². The first-order valence-electron chi connectivity index (χ1n) is 7.49. The van der Waals surface area contributed by atoms with Crippen LogP contribution in [0.2, 0.25) is 0 Å². The molecule has 11 nitrogen and oxygen atoms in total. The number of aromatic nitrogens is 6. The molecule has 0 spiro atoms. The maximum Gasteiger partial charge on any atom is 0.332 e. The van der Waals surface area contributed by atoms with Crippen molar-refractivity contribution in [2.75, 3.05) is 11.9 Å². The van der Waals surface area contributed by atoms with Crippen molar-refractivity contribution in [2.45, 2.75) is 0 Å². The lowest BCUT2D eigenvalue weighted by atomic mass is 10.3. The number of anilines is 1. The fourth-order valence-corrected chi connectivity index (χ4v) is 2.16. The van der Waals surface area contributed by atoms with Gasteiger partial charge in [-0.15, -0.1) is 5.10 Å². The van der Waals surface area contributed by atoms with Crippen LogP contribution in [0.4, 0.5) is 5.82 Å². The number of nitrogens with zero attached hydrogens (tertiary/aromatic N) is 6. The summed E-state index contributed by atoms with van der Waals surface area (Å²) in [5.74, 6) is 0.0633.